The zero-order valence-corrected chi connectivity index (χ0v) is 15.6. The molecule has 3 N–H and O–H groups in total. The summed E-state index contributed by atoms with van der Waals surface area (Å²) in [5, 5.41) is 6.59. The highest BCUT2D eigenvalue weighted by Crippen LogP contribution is 2.26. The van der Waals surface area contributed by atoms with Crippen LogP contribution in [0.5, 0.6) is 0 Å². The third-order valence-electron chi connectivity index (χ3n) is 4.28. The largest absolute Gasteiger partial charge is 0.464 e. The lowest BCUT2D eigenvalue weighted by Gasteiger charge is -2.14. The number of nitrogens with one attached hydrogen (secondary N) is 3. The smallest absolute Gasteiger partial charge is 0.328 e. The van der Waals surface area contributed by atoms with Crippen molar-refractivity contribution < 1.29 is 14.3 Å². The first-order valence-electron chi connectivity index (χ1n) is 8.69. The van der Waals surface area contributed by atoms with Crippen LogP contribution in [0.1, 0.15) is 43.2 Å². The van der Waals surface area contributed by atoms with Gasteiger partial charge in [0.25, 0.3) is 0 Å². The summed E-state index contributed by atoms with van der Waals surface area (Å²) in [6.45, 7) is 10.3. The molecule has 2 aromatic rings. The van der Waals surface area contributed by atoms with E-state index < -0.39 is 18.0 Å². The number of aromatic nitrogens is 1. The van der Waals surface area contributed by atoms with Crippen LogP contribution in [0.25, 0.3) is 10.9 Å². The van der Waals surface area contributed by atoms with Crippen LogP contribution in [0.2, 0.25) is 0 Å². The maximum Gasteiger partial charge on any atom is 0.328 e. The molecule has 1 aromatic carbocycles. The number of carbonyl (C=O) groups excluding carboxylic acids is 2. The van der Waals surface area contributed by atoms with E-state index in [4.69, 9.17) is 4.74 Å². The standard InChI is InChI=1S/C19H27N3O3/c1-6-16-12(4)15-9-11(3)8-14(17(15)22-16)10-20-19(24)21-13(5)18(23)25-7-2/h8-9,13,22H,6-7,10H2,1-5H3,(H2,20,21,24)/t13-/m1/s1. The molecule has 0 unspecified atom stereocenters. The van der Waals surface area contributed by atoms with Crippen LogP contribution in [-0.4, -0.2) is 29.6 Å². The summed E-state index contributed by atoms with van der Waals surface area (Å²) in [4.78, 5) is 27.1. The van der Waals surface area contributed by atoms with Crippen molar-refractivity contribution in [3.05, 3.63) is 34.5 Å². The van der Waals surface area contributed by atoms with Gasteiger partial charge in [-0.2, -0.15) is 0 Å². The van der Waals surface area contributed by atoms with E-state index in [0.29, 0.717) is 13.2 Å². The number of fused-ring (bicyclic) bond motifs is 1. The van der Waals surface area contributed by atoms with E-state index >= 15 is 0 Å². The summed E-state index contributed by atoms with van der Waals surface area (Å²) >= 11 is 0. The Morgan fingerprint density at radius 1 is 1.24 bits per heavy atom. The number of aryl methyl sites for hydroxylation is 3. The molecule has 2 amide bonds. The van der Waals surface area contributed by atoms with Crippen molar-refractivity contribution in [1.82, 2.24) is 15.6 Å². The minimum absolute atomic E-state index is 0.291. The SMILES string of the molecule is CCOC(=O)[C@@H](C)NC(=O)NCc1cc(C)cc2c(C)c(CC)[nH]c12. The number of H-pyrrole nitrogens is 1. The molecule has 0 saturated carbocycles. The number of rotatable bonds is 6. The second-order valence-electron chi connectivity index (χ2n) is 6.23. The Kier molecular flexibility index (Phi) is 6.07. The fourth-order valence-corrected chi connectivity index (χ4v) is 2.95. The van der Waals surface area contributed by atoms with Gasteiger partial charge in [-0.1, -0.05) is 18.6 Å². The molecule has 0 spiro atoms. The van der Waals surface area contributed by atoms with E-state index in [9.17, 15) is 9.59 Å². The number of esters is 1. The van der Waals surface area contributed by atoms with Gasteiger partial charge >= 0.3 is 12.0 Å². The first-order valence-corrected chi connectivity index (χ1v) is 8.69. The predicted octanol–water partition coefficient (Wildman–Crippen LogP) is 3.10. The minimum atomic E-state index is -0.683. The van der Waals surface area contributed by atoms with E-state index in [1.54, 1.807) is 13.8 Å². The van der Waals surface area contributed by atoms with E-state index in [1.807, 2.05) is 6.92 Å². The van der Waals surface area contributed by atoms with Crippen molar-refractivity contribution in [2.45, 2.75) is 53.6 Å². The van der Waals surface area contributed by atoms with Crippen molar-refractivity contribution >= 4 is 22.9 Å². The van der Waals surface area contributed by atoms with Gasteiger partial charge < -0.3 is 20.4 Å². The zero-order valence-electron chi connectivity index (χ0n) is 15.6. The summed E-state index contributed by atoms with van der Waals surface area (Å²) in [5.41, 5.74) is 5.69. The van der Waals surface area contributed by atoms with E-state index in [0.717, 1.165) is 23.1 Å². The molecule has 0 aliphatic heterocycles. The molecule has 6 heteroatoms. The molecule has 136 valence electrons. The Bertz CT molecular complexity index is 780. The fourth-order valence-electron chi connectivity index (χ4n) is 2.95. The van der Waals surface area contributed by atoms with Gasteiger partial charge in [0.15, 0.2) is 0 Å². The van der Waals surface area contributed by atoms with Gasteiger partial charge in [0.1, 0.15) is 6.04 Å². The molecule has 0 aliphatic carbocycles. The number of hydrogen-bond acceptors (Lipinski definition) is 3. The highest BCUT2D eigenvalue weighted by atomic mass is 16.5. The van der Waals surface area contributed by atoms with Crippen LogP contribution in [0.4, 0.5) is 4.79 Å². The highest BCUT2D eigenvalue weighted by Gasteiger charge is 2.17. The molecule has 0 saturated heterocycles. The van der Waals surface area contributed by atoms with Crippen LogP contribution >= 0.6 is 0 Å². The van der Waals surface area contributed by atoms with Gasteiger partial charge in [-0.15, -0.1) is 0 Å². The summed E-state index contributed by atoms with van der Waals surface area (Å²) in [7, 11) is 0. The van der Waals surface area contributed by atoms with Crippen LogP contribution in [0.3, 0.4) is 0 Å². The molecule has 1 aromatic heterocycles. The first-order chi connectivity index (χ1) is 11.9. The van der Waals surface area contributed by atoms with Crippen molar-refractivity contribution in [2.24, 2.45) is 0 Å². The second kappa shape index (κ2) is 8.05. The predicted molar refractivity (Wildman–Crippen MR) is 98.6 cm³/mol. The van der Waals surface area contributed by atoms with E-state index in [1.165, 1.54) is 16.6 Å². The van der Waals surface area contributed by atoms with Crippen LogP contribution in [0.15, 0.2) is 12.1 Å². The summed E-state index contributed by atoms with van der Waals surface area (Å²) < 4.78 is 4.88. The fraction of sp³-hybridized carbons (Fsp3) is 0.474. The monoisotopic (exact) mass is 345 g/mol. The number of aromatic amines is 1. The summed E-state index contributed by atoms with van der Waals surface area (Å²) in [6.07, 6.45) is 0.934. The third kappa shape index (κ3) is 4.32. The lowest BCUT2D eigenvalue weighted by molar-refractivity contribution is -0.144. The number of amides is 2. The number of benzene rings is 1. The summed E-state index contributed by atoms with van der Waals surface area (Å²) in [5.74, 6) is -0.442. The van der Waals surface area contributed by atoms with Gasteiger partial charge in [-0.05, 0) is 51.3 Å². The van der Waals surface area contributed by atoms with Gasteiger partial charge in [0, 0.05) is 17.6 Å². The quantitative estimate of drug-likeness (QED) is 0.704. The lowest BCUT2D eigenvalue weighted by atomic mass is 10.0. The van der Waals surface area contributed by atoms with Gasteiger partial charge in [-0.3, -0.25) is 0 Å². The highest BCUT2D eigenvalue weighted by molar-refractivity contribution is 5.88. The molecule has 0 radical (unpaired) electrons. The van der Waals surface area contributed by atoms with Gasteiger partial charge in [-0.25, -0.2) is 9.59 Å². The average molecular weight is 345 g/mol. The van der Waals surface area contributed by atoms with E-state index in [-0.39, 0.29) is 0 Å². The Morgan fingerprint density at radius 3 is 2.60 bits per heavy atom. The number of carbonyl (C=O) groups is 2. The first kappa shape index (κ1) is 18.8. The Hall–Kier alpha value is -2.50. The lowest BCUT2D eigenvalue weighted by Crippen LogP contribution is -2.44. The molecule has 6 nitrogen and oxygen atoms in total. The molecule has 1 heterocycles. The molecular weight excluding hydrogens is 318 g/mol. The van der Waals surface area contributed by atoms with Crippen molar-refractivity contribution in [2.75, 3.05) is 6.61 Å². The molecule has 25 heavy (non-hydrogen) atoms. The molecule has 2 rings (SSSR count). The Morgan fingerprint density at radius 2 is 1.96 bits per heavy atom. The number of ether oxygens (including phenoxy) is 1. The van der Waals surface area contributed by atoms with Gasteiger partial charge in [0.05, 0.1) is 12.1 Å². The van der Waals surface area contributed by atoms with Crippen LogP contribution in [0, 0.1) is 13.8 Å². The molecule has 1 atom stereocenters. The Labute approximate surface area is 148 Å². The molecular formula is C19H27N3O3. The minimum Gasteiger partial charge on any atom is -0.464 e. The molecule has 0 aliphatic rings. The maximum atomic E-state index is 12.0. The van der Waals surface area contributed by atoms with Crippen molar-refractivity contribution in [3.63, 3.8) is 0 Å². The third-order valence-corrected chi connectivity index (χ3v) is 4.28. The van der Waals surface area contributed by atoms with E-state index in [2.05, 4.69) is 41.6 Å². The zero-order chi connectivity index (χ0) is 18.6. The Balaban J connectivity index is 2.10. The van der Waals surface area contributed by atoms with Crippen LogP contribution in [-0.2, 0) is 22.5 Å². The second-order valence-corrected chi connectivity index (χ2v) is 6.23. The van der Waals surface area contributed by atoms with Crippen molar-refractivity contribution in [3.8, 4) is 0 Å². The van der Waals surface area contributed by atoms with Crippen molar-refractivity contribution in [1.29, 1.82) is 0 Å². The van der Waals surface area contributed by atoms with Gasteiger partial charge in [0.2, 0.25) is 0 Å². The number of urea groups is 1. The average Bonchev–Trinajstić information content (AvgIpc) is 2.89. The number of hydrogen-bond donors (Lipinski definition) is 3. The van der Waals surface area contributed by atoms with Crippen LogP contribution < -0.4 is 10.6 Å². The normalized spacial score (nSPS) is 12.0. The maximum absolute atomic E-state index is 12.0. The summed E-state index contributed by atoms with van der Waals surface area (Å²) in [6, 6.07) is 3.14. The molecule has 0 bridgehead atoms. The molecule has 0 fully saturated rings. The topological polar surface area (TPSA) is 83.2 Å².